The minimum atomic E-state index is -0.322. The summed E-state index contributed by atoms with van der Waals surface area (Å²) in [4.78, 5) is 31.4. The van der Waals surface area contributed by atoms with Gasteiger partial charge in [-0.25, -0.2) is 8.91 Å². The smallest absolute Gasteiger partial charge is 0.275 e. The van der Waals surface area contributed by atoms with Crippen LogP contribution < -0.4 is 15.6 Å². The Hall–Kier alpha value is -3.69. The molecule has 2 heterocycles. The third-order valence-corrected chi connectivity index (χ3v) is 6.98. The van der Waals surface area contributed by atoms with E-state index in [2.05, 4.69) is 15.4 Å². The van der Waals surface area contributed by atoms with Gasteiger partial charge in [0.05, 0.1) is 23.7 Å². The Bertz CT molecular complexity index is 1530. The maximum Gasteiger partial charge on any atom is 0.275 e. The number of H-pyrrole nitrogens is 1. The number of nitrogens with zero attached hydrogens (tertiary/aromatic N) is 3. The number of nitrogens with one attached hydrogen (secondary N) is 2. The van der Waals surface area contributed by atoms with Gasteiger partial charge in [-0.05, 0) is 68.8 Å². The number of amides is 1. The quantitative estimate of drug-likeness (QED) is 0.357. The zero-order valence-corrected chi connectivity index (χ0v) is 21.5. The van der Waals surface area contributed by atoms with E-state index in [4.69, 9.17) is 16.3 Å². The molecule has 1 fully saturated rings. The Labute approximate surface area is 218 Å². The van der Waals surface area contributed by atoms with Gasteiger partial charge in [0.15, 0.2) is 5.82 Å². The average Bonchev–Trinajstić information content (AvgIpc) is 3.64. The number of benzene rings is 2. The predicted octanol–water partition coefficient (Wildman–Crippen LogP) is 4.40. The molecule has 1 amide bonds. The third kappa shape index (κ3) is 4.97. The Kier molecular flexibility index (Phi) is 6.74. The van der Waals surface area contributed by atoms with Crippen LogP contribution in [0.3, 0.4) is 0 Å². The van der Waals surface area contributed by atoms with E-state index in [9.17, 15) is 14.0 Å². The molecule has 1 aliphatic carbocycles. The molecule has 0 radical (unpaired) electrons. The van der Waals surface area contributed by atoms with Crippen molar-refractivity contribution >= 4 is 23.0 Å². The molecule has 192 valence electrons. The molecular formula is C27H27ClFN5O3. The van der Waals surface area contributed by atoms with Crippen molar-refractivity contribution in [2.24, 2.45) is 0 Å². The van der Waals surface area contributed by atoms with Crippen molar-refractivity contribution in [2.75, 3.05) is 27.7 Å². The normalized spacial score (nSPS) is 14.2. The Morgan fingerprint density at radius 2 is 2.00 bits per heavy atom. The number of aromatic amines is 1. The zero-order chi connectivity index (χ0) is 26.3. The highest BCUT2D eigenvalue weighted by Crippen LogP contribution is 2.43. The number of rotatable bonds is 8. The lowest BCUT2D eigenvalue weighted by Gasteiger charge is -2.25. The average molecular weight is 524 g/mol. The Morgan fingerprint density at radius 3 is 2.65 bits per heavy atom. The van der Waals surface area contributed by atoms with Crippen molar-refractivity contribution in [1.82, 2.24) is 24.8 Å². The van der Waals surface area contributed by atoms with Crippen molar-refractivity contribution in [2.45, 2.75) is 24.8 Å². The molecular weight excluding hydrogens is 497 g/mol. The Balaban J connectivity index is 1.48. The van der Waals surface area contributed by atoms with Gasteiger partial charge in [-0.15, -0.1) is 5.10 Å². The summed E-state index contributed by atoms with van der Waals surface area (Å²) in [5.41, 5.74) is 2.72. The number of ether oxygens (including phenoxy) is 1. The largest absolute Gasteiger partial charge is 0.495 e. The van der Waals surface area contributed by atoms with Gasteiger partial charge in [-0.1, -0.05) is 23.7 Å². The standard InChI is InChI=1S/C27H27ClFN5O3/c1-33(2)21(15-6-9-18(29)10-7-15)13-30-26(35)19-14-34-24(23(19)16-4-5-16)27(36)31-25(32-34)17-8-11-20(28)22(12-17)37-3/h6-12,14,16,21H,4-5,13H2,1-3H3,(H,30,35)(H,31,32,36). The highest BCUT2D eigenvalue weighted by atomic mass is 35.5. The molecule has 1 saturated carbocycles. The molecule has 1 atom stereocenters. The number of aromatic nitrogens is 3. The van der Waals surface area contributed by atoms with Crippen LogP contribution in [0.1, 0.15) is 46.3 Å². The molecule has 0 bridgehead atoms. The van der Waals surface area contributed by atoms with Crippen LogP contribution in [-0.2, 0) is 0 Å². The van der Waals surface area contributed by atoms with Crippen molar-refractivity contribution in [3.05, 3.63) is 86.5 Å². The number of likely N-dealkylation sites (N-methyl/N-ethyl adjacent to an activating group) is 1. The van der Waals surface area contributed by atoms with Crippen molar-refractivity contribution in [3.63, 3.8) is 0 Å². The van der Waals surface area contributed by atoms with Gasteiger partial charge in [0.1, 0.15) is 17.1 Å². The van der Waals surface area contributed by atoms with E-state index in [1.807, 2.05) is 19.0 Å². The van der Waals surface area contributed by atoms with Crippen LogP contribution >= 0.6 is 11.6 Å². The molecule has 2 N–H and O–H groups in total. The molecule has 0 saturated heterocycles. The fourth-order valence-electron chi connectivity index (χ4n) is 4.58. The molecule has 0 spiro atoms. The van der Waals surface area contributed by atoms with Crippen LogP contribution in [0.4, 0.5) is 4.39 Å². The van der Waals surface area contributed by atoms with Gasteiger partial charge >= 0.3 is 0 Å². The summed E-state index contributed by atoms with van der Waals surface area (Å²) < 4.78 is 20.2. The van der Waals surface area contributed by atoms with Crippen LogP contribution in [0.15, 0.2) is 53.5 Å². The maximum absolute atomic E-state index is 13.4. The number of hydrogen-bond donors (Lipinski definition) is 2. The van der Waals surface area contributed by atoms with Crippen LogP contribution in [0.25, 0.3) is 16.9 Å². The first-order chi connectivity index (χ1) is 17.8. The van der Waals surface area contributed by atoms with Gasteiger partial charge in [-0.3, -0.25) is 9.59 Å². The minimum Gasteiger partial charge on any atom is -0.495 e. The lowest BCUT2D eigenvalue weighted by Crippen LogP contribution is -2.34. The molecule has 10 heteroatoms. The monoisotopic (exact) mass is 523 g/mol. The van der Waals surface area contributed by atoms with Gasteiger partial charge in [0.25, 0.3) is 11.5 Å². The molecule has 8 nitrogen and oxygen atoms in total. The van der Waals surface area contributed by atoms with Crippen molar-refractivity contribution in [1.29, 1.82) is 0 Å². The van der Waals surface area contributed by atoms with Gasteiger partial charge in [-0.2, -0.15) is 0 Å². The summed E-state index contributed by atoms with van der Waals surface area (Å²) in [6.45, 7) is 0.313. The van der Waals surface area contributed by atoms with E-state index in [1.165, 1.54) is 23.8 Å². The second-order valence-corrected chi connectivity index (χ2v) is 9.82. The lowest BCUT2D eigenvalue weighted by molar-refractivity contribution is 0.0941. The van der Waals surface area contributed by atoms with Crippen molar-refractivity contribution < 1.29 is 13.9 Å². The van der Waals surface area contributed by atoms with E-state index < -0.39 is 0 Å². The second-order valence-electron chi connectivity index (χ2n) is 9.42. The minimum absolute atomic E-state index is 0.136. The van der Waals surface area contributed by atoms with E-state index in [1.54, 1.807) is 36.5 Å². The second kappa shape index (κ2) is 9.99. The SMILES string of the molecule is COc1cc(-c2nn3cc(C(=O)NCC(c4ccc(F)cc4)N(C)C)c(C4CC4)c3c(=O)[nH]2)ccc1Cl. The predicted molar refractivity (Wildman–Crippen MR) is 140 cm³/mol. The summed E-state index contributed by atoms with van der Waals surface area (Å²) in [6, 6.07) is 11.2. The van der Waals surface area contributed by atoms with Crippen molar-refractivity contribution in [3.8, 4) is 17.1 Å². The van der Waals surface area contributed by atoms with Gasteiger partial charge in [0, 0.05) is 23.9 Å². The molecule has 4 aromatic rings. The molecule has 2 aromatic carbocycles. The first-order valence-corrected chi connectivity index (χ1v) is 12.3. The van der Waals surface area contributed by atoms with E-state index in [-0.39, 0.29) is 29.2 Å². The van der Waals surface area contributed by atoms with E-state index >= 15 is 0 Å². The van der Waals surface area contributed by atoms with Crippen LogP contribution in [-0.4, -0.2) is 53.2 Å². The summed E-state index contributed by atoms with van der Waals surface area (Å²) in [5, 5.41) is 8.06. The Morgan fingerprint density at radius 1 is 1.27 bits per heavy atom. The van der Waals surface area contributed by atoms with Gasteiger partial charge in [0.2, 0.25) is 0 Å². The van der Waals surface area contributed by atoms with Crippen LogP contribution in [0.5, 0.6) is 5.75 Å². The van der Waals surface area contributed by atoms with E-state index in [0.717, 1.165) is 24.0 Å². The topological polar surface area (TPSA) is 91.7 Å². The number of carbonyl (C=O) groups excluding carboxylic acids is 1. The summed E-state index contributed by atoms with van der Waals surface area (Å²) in [6.07, 6.45) is 3.43. The van der Waals surface area contributed by atoms with Crippen LogP contribution in [0, 0.1) is 5.82 Å². The van der Waals surface area contributed by atoms with Gasteiger partial charge < -0.3 is 19.9 Å². The van der Waals surface area contributed by atoms with Crippen LogP contribution in [0.2, 0.25) is 5.02 Å². The molecule has 37 heavy (non-hydrogen) atoms. The number of halogens is 2. The molecule has 1 unspecified atom stereocenters. The summed E-state index contributed by atoms with van der Waals surface area (Å²) in [5.74, 6) is 0.340. The maximum atomic E-state index is 13.4. The summed E-state index contributed by atoms with van der Waals surface area (Å²) >= 11 is 6.14. The highest BCUT2D eigenvalue weighted by Gasteiger charge is 2.33. The fourth-order valence-corrected chi connectivity index (χ4v) is 4.78. The molecule has 0 aliphatic heterocycles. The number of hydrogen-bond acceptors (Lipinski definition) is 5. The number of carbonyl (C=O) groups is 1. The number of fused-ring (bicyclic) bond motifs is 1. The molecule has 5 rings (SSSR count). The fraction of sp³-hybridized carbons (Fsp3) is 0.296. The first kappa shape index (κ1) is 25.0. The summed E-state index contributed by atoms with van der Waals surface area (Å²) in [7, 11) is 5.32. The van der Waals surface area contributed by atoms with E-state index in [0.29, 0.717) is 39.8 Å². The first-order valence-electron chi connectivity index (χ1n) is 12.0. The third-order valence-electron chi connectivity index (χ3n) is 6.67. The zero-order valence-electron chi connectivity index (χ0n) is 20.7. The lowest BCUT2D eigenvalue weighted by atomic mass is 10.0. The highest BCUT2D eigenvalue weighted by molar-refractivity contribution is 6.32. The molecule has 2 aromatic heterocycles. The number of methoxy groups -OCH3 is 1. The molecule has 1 aliphatic rings.